The second-order valence-corrected chi connectivity index (χ2v) is 9.45. The molecule has 0 atom stereocenters. The number of para-hydroxylation sites is 1. The van der Waals surface area contributed by atoms with Gasteiger partial charge >= 0.3 is 22.0 Å². The van der Waals surface area contributed by atoms with Crippen LogP contribution in [-0.2, 0) is 22.0 Å². The van der Waals surface area contributed by atoms with Crippen molar-refractivity contribution in [3.63, 3.8) is 0 Å². The molecule has 1 heterocycles. The molecule has 1 aliphatic rings. The van der Waals surface area contributed by atoms with Crippen LogP contribution in [0, 0.1) is 0 Å². The van der Waals surface area contributed by atoms with Crippen LogP contribution in [0.25, 0.3) is 0 Å². The lowest BCUT2D eigenvalue weighted by molar-refractivity contribution is -0.538. The Balaban J connectivity index is 0.000000447. The standard InChI is InChI=1S/C19H30NO.CHF3O3S/c1-5-10-16-11-9-12-17(19(2,3)4)18(16)21-15-20-13-7-6-8-14-20;2-1(3,4)8(5,6)7/h9,11-12,15H,5-8,10,13-14H2,1-4H3;(H,5,6,7)/q+1;. The summed E-state index contributed by atoms with van der Waals surface area (Å²) in [6, 6.07) is 6.58. The van der Waals surface area contributed by atoms with Crippen LogP contribution >= 0.6 is 0 Å². The Labute approximate surface area is 171 Å². The van der Waals surface area contributed by atoms with Crippen LogP contribution in [0.1, 0.15) is 64.5 Å². The number of ether oxygens (including phenoxy) is 1. The number of piperidine rings is 1. The molecule has 1 aromatic rings. The van der Waals surface area contributed by atoms with Crippen molar-refractivity contribution in [1.82, 2.24) is 0 Å². The Hall–Kier alpha value is -1.61. The Morgan fingerprint density at radius 3 is 2.14 bits per heavy atom. The number of alkyl halides is 3. The Bertz CT molecular complexity index is 789. The van der Waals surface area contributed by atoms with Gasteiger partial charge in [-0.3, -0.25) is 4.55 Å². The summed E-state index contributed by atoms with van der Waals surface area (Å²) in [4.78, 5) is 0. The number of hydrogen-bond donors (Lipinski definition) is 1. The number of nitrogens with zero attached hydrogens (tertiary/aromatic N) is 1. The van der Waals surface area contributed by atoms with Gasteiger partial charge in [0.05, 0.1) is 0 Å². The van der Waals surface area contributed by atoms with Crippen LogP contribution < -0.4 is 4.74 Å². The normalized spacial score (nSPS) is 15.4. The summed E-state index contributed by atoms with van der Waals surface area (Å²) in [7, 11) is -5.84. The molecule has 0 aliphatic carbocycles. The van der Waals surface area contributed by atoms with E-state index in [4.69, 9.17) is 17.7 Å². The first kappa shape index (κ1) is 25.4. The van der Waals surface area contributed by atoms with E-state index >= 15 is 0 Å². The summed E-state index contributed by atoms with van der Waals surface area (Å²) in [6.45, 7) is 11.2. The van der Waals surface area contributed by atoms with Gasteiger partial charge in [0.1, 0.15) is 18.8 Å². The van der Waals surface area contributed by atoms with Crippen molar-refractivity contribution >= 4 is 16.5 Å². The molecule has 1 N–H and O–H groups in total. The van der Waals surface area contributed by atoms with E-state index in [1.807, 2.05) is 6.40 Å². The number of aryl methyl sites for hydroxylation is 1. The lowest BCUT2D eigenvalue weighted by Crippen LogP contribution is -2.24. The maximum Gasteiger partial charge on any atom is 0.522 e. The topological polar surface area (TPSA) is 66.6 Å². The third kappa shape index (κ3) is 8.34. The maximum atomic E-state index is 10.7. The largest absolute Gasteiger partial charge is 0.522 e. The van der Waals surface area contributed by atoms with Crippen molar-refractivity contribution in [3.8, 4) is 5.75 Å². The Morgan fingerprint density at radius 2 is 1.69 bits per heavy atom. The molecule has 2 rings (SSSR count). The van der Waals surface area contributed by atoms with Gasteiger partial charge in [0.2, 0.25) is 0 Å². The zero-order valence-electron chi connectivity index (χ0n) is 17.4. The van der Waals surface area contributed by atoms with E-state index in [1.54, 1.807) is 0 Å². The molecule has 0 saturated carbocycles. The minimum absolute atomic E-state index is 0.106. The summed E-state index contributed by atoms with van der Waals surface area (Å²) in [5.74, 6) is 1.08. The van der Waals surface area contributed by atoms with Crippen LogP contribution in [0.2, 0.25) is 0 Å². The summed E-state index contributed by atoms with van der Waals surface area (Å²) >= 11 is 0. The first-order chi connectivity index (χ1) is 13.3. The van der Waals surface area contributed by atoms with Crippen LogP contribution in [0.4, 0.5) is 13.2 Å². The molecule has 9 heteroatoms. The van der Waals surface area contributed by atoms with Crippen molar-refractivity contribution in [2.75, 3.05) is 13.1 Å². The van der Waals surface area contributed by atoms with Gasteiger partial charge in [-0.15, -0.1) is 0 Å². The van der Waals surface area contributed by atoms with Gasteiger partial charge in [-0.2, -0.15) is 21.6 Å². The molecule has 0 radical (unpaired) electrons. The predicted molar refractivity (Wildman–Crippen MR) is 107 cm³/mol. The highest BCUT2D eigenvalue weighted by molar-refractivity contribution is 7.86. The summed E-state index contributed by atoms with van der Waals surface area (Å²) in [6.07, 6.45) is 8.10. The zero-order valence-corrected chi connectivity index (χ0v) is 18.2. The molecule has 0 unspecified atom stereocenters. The smallest absolute Gasteiger partial charge is 0.410 e. The molecule has 166 valence electrons. The fourth-order valence-corrected chi connectivity index (χ4v) is 2.93. The number of hydrogen-bond acceptors (Lipinski definition) is 3. The predicted octanol–water partition coefficient (Wildman–Crippen LogP) is 4.93. The van der Waals surface area contributed by atoms with E-state index in [2.05, 4.69) is 50.5 Å². The molecule has 5 nitrogen and oxygen atoms in total. The minimum Gasteiger partial charge on any atom is -0.410 e. The molecule has 1 aliphatic heterocycles. The number of benzene rings is 1. The molecule has 1 aromatic carbocycles. The molecular weight excluding hydrogens is 407 g/mol. The average molecular weight is 439 g/mol. The first-order valence-corrected chi connectivity index (χ1v) is 11.1. The van der Waals surface area contributed by atoms with E-state index in [0.29, 0.717) is 0 Å². The fourth-order valence-electron chi connectivity index (χ4n) is 2.93. The van der Waals surface area contributed by atoms with Crippen LogP contribution in [0.15, 0.2) is 18.2 Å². The van der Waals surface area contributed by atoms with E-state index in [1.165, 1.54) is 30.4 Å². The zero-order chi connectivity index (χ0) is 22.3. The van der Waals surface area contributed by atoms with E-state index in [0.717, 1.165) is 31.7 Å². The molecule has 0 spiro atoms. The highest BCUT2D eigenvalue weighted by Crippen LogP contribution is 2.34. The Morgan fingerprint density at radius 1 is 1.14 bits per heavy atom. The molecule has 29 heavy (non-hydrogen) atoms. The summed E-state index contributed by atoms with van der Waals surface area (Å²) < 4.78 is 66.0. The van der Waals surface area contributed by atoms with Gasteiger partial charge in [-0.1, -0.05) is 52.3 Å². The molecule has 0 bridgehead atoms. The minimum atomic E-state index is -5.84. The number of rotatable bonds is 4. The monoisotopic (exact) mass is 438 g/mol. The molecular formula is C20H31F3NO4S+. The van der Waals surface area contributed by atoms with E-state index in [-0.39, 0.29) is 5.41 Å². The summed E-state index contributed by atoms with van der Waals surface area (Å²) in [5, 5.41) is 0. The van der Waals surface area contributed by atoms with Crippen molar-refractivity contribution in [2.45, 2.75) is 70.7 Å². The summed E-state index contributed by atoms with van der Waals surface area (Å²) in [5.41, 5.74) is -2.79. The third-order valence-electron chi connectivity index (χ3n) is 4.43. The molecule has 0 amide bonds. The van der Waals surface area contributed by atoms with Crippen molar-refractivity contribution in [2.24, 2.45) is 0 Å². The van der Waals surface area contributed by atoms with Crippen molar-refractivity contribution in [1.29, 1.82) is 0 Å². The highest BCUT2D eigenvalue weighted by Gasteiger charge is 2.44. The van der Waals surface area contributed by atoms with Gasteiger partial charge in [-0.05, 0) is 23.8 Å². The van der Waals surface area contributed by atoms with Gasteiger partial charge in [-0.25, -0.2) is 4.58 Å². The highest BCUT2D eigenvalue weighted by atomic mass is 32.2. The first-order valence-electron chi connectivity index (χ1n) is 9.67. The van der Waals surface area contributed by atoms with Crippen LogP contribution in [0.3, 0.4) is 0 Å². The maximum absolute atomic E-state index is 10.7. The van der Waals surface area contributed by atoms with E-state index in [9.17, 15) is 13.2 Å². The molecule has 1 fully saturated rings. The van der Waals surface area contributed by atoms with Crippen LogP contribution in [0.5, 0.6) is 5.75 Å². The van der Waals surface area contributed by atoms with Crippen LogP contribution in [-0.4, -0.2) is 42.5 Å². The SMILES string of the molecule is CCCc1cccc(C(C)(C)C)c1OC=[N+]1CCCCC1.O=S(=O)(O)C(F)(F)F. The average Bonchev–Trinajstić information content (AvgIpc) is 2.59. The van der Waals surface area contributed by atoms with Gasteiger partial charge in [0.25, 0.3) is 0 Å². The molecule has 1 saturated heterocycles. The second-order valence-electron chi connectivity index (χ2n) is 8.03. The fraction of sp³-hybridized carbons (Fsp3) is 0.650. The van der Waals surface area contributed by atoms with Gasteiger partial charge < -0.3 is 4.74 Å². The quantitative estimate of drug-likeness (QED) is 0.313. The number of halogens is 3. The lowest BCUT2D eigenvalue weighted by atomic mass is 9.84. The molecule has 0 aromatic heterocycles. The van der Waals surface area contributed by atoms with Crippen molar-refractivity contribution in [3.05, 3.63) is 29.3 Å². The van der Waals surface area contributed by atoms with Gasteiger partial charge in [0.15, 0.2) is 0 Å². The lowest BCUT2D eigenvalue weighted by Gasteiger charge is -2.23. The second kappa shape index (κ2) is 10.4. The Kier molecular flexibility index (Phi) is 9.14. The third-order valence-corrected chi connectivity index (χ3v) is 5.01. The van der Waals surface area contributed by atoms with Crippen molar-refractivity contribution < 1.29 is 35.5 Å². The van der Waals surface area contributed by atoms with Gasteiger partial charge in [0, 0.05) is 18.4 Å². The van der Waals surface area contributed by atoms with E-state index < -0.39 is 15.6 Å².